The maximum atomic E-state index is 5.10. The second kappa shape index (κ2) is 6.12. The minimum Gasteiger partial charge on any atom is -0.370 e. The minimum atomic E-state index is 0.198. The van der Waals surface area contributed by atoms with Gasteiger partial charge in [0.05, 0.1) is 0 Å². The number of nitrogens with zero attached hydrogens (tertiary/aromatic N) is 1. The Bertz CT molecular complexity index is 88.2. The molecule has 0 fully saturated rings. The number of hydrogen-bond acceptors (Lipinski definition) is 1. The first-order valence-electron chi connectivity index (χ1n) is 2.88. The molecular weight excluding hydrogens is 229 g/mol. The summed E-state index contributed by atoms with van der Waals surface area (Å²) in [5, 5.41) is 0. The Labute approximate surface area is 69.0 Å². The zero-order valence-electron chi connectivity index (χ0n) is 5.31. The van der Waals surface area contributed by atoms with Crippen molar-refractivity contribution in [2.45, 2.75) is 12.8 Å². The van der Waals surface area contributed by atoms with Gasteiger partial charge in [-0.15, -0.1) is 0 Å². The van der Waals surface area contributed by atoms with E-state index in [1.165, 1.54) is 10.8 Å². The van der Waals surface area contributed by atoms with Crippen molar-refractivity contribution in [3.05, 3.63) is 0 Å². The predicted octanol–water partition coefficient (Wildman–Crippen LogP) is 0.475. The average molecular weight is 241 g/mol. The lowest BCUT2D eigenvalue weighted by molar-refractivity contribution is 0.820. The molecule has 0 rings (SSSR count). The number of guanidine groups is 1. The van der Waals surface area contributed by atoms with Crippen molar-refractivity contribution >= 4 is 28.6 Å². The van der Waals surface area contributed by atoms with Gasteiger partial charge in [-0.1, -0.05) is 22.6 Å². The molecule has 0 unspecified atom stereocenters. The summed E-state index contributed by atoms with van der Waals surface area (Å²) in [6, 6.07) is 0. The van der Waals surface area contributed by atoms with Crippen LogP contribution in [0.4, 0.5) is 0 Å². The summed E-state index contributed by atoms with van der Waals surface area (Å²) in [4.78, 5) is 3.83. The lowest BCUT2D eigenvalue weighted by Gasteiger charge is -1.91. The van der Waals surface area contributed by atoms with Gasteiger partial charge in [0.1, 0.15) is 0 Å². The second-order valence-corrected chi connectivity index (χ2v) is 2.78. The molecule has 0 heterocycles. The van der Waals surface area contributed by atoms with Crippen LogP contribution >= 0.6 is 22.6 Å². The van der Waals surface area contributed by atoms with Gasteiger partial charge in [0.25, 0.3) is 0 Å². The van der Waals surface area contributed by atoms with Crippen LogP contribution in [0.2, 0.25) is 0 Å². The fraction of sp³-hybridized carbons (Fsp3) is 0.800. The summed E-state index contributed by atoms with van der Waals surface area (Å²) in [5.74, 6) is 0.198. The largest absolute Gasteiger partial charge is 0.370 e. The Balaban J connectivity index is 3.00. The highest BCUT2D eigenvalue weighted by Crippen LogP contribution is 1.93. The monoisotopic (exact) mass is 241 g/mol. The third-order valence-electron chi connectivity index (χ3n) is 0.836. The normalized spacial score (nSPS) is 9.00. The number of hydrogen-bond donors (Lipinski definition) is 2. The Kier molecular flexibility index (Phi) is 6.12. The van der Waals surface area contributed by atoms with Crippen LogP contribution in [-0.4, -0.2) is 16.9 Å². The highest BCUT2D eigenvalue weighted by Gasteiger charge is 1.83. The Morgan fingerprint density at radius 1 is 1.33 bits per heavy atom. The Morgan fingerprint density at radius 3 is 2.44 bits per heavy atom. The predicted molar refractivity (Wildman–Crippen MR) is 48.8 cm³/mol. The molecule has 0 aliphatic heterocycles. The second-order valence-electron chi connectivity index (χ2n) is 1.70. The lowest BCUT2D eigenvalue weighted by Crippen LogP contribution is -2.22. The molecule has 0 saturated heterocycles. The van der Waals surface area contributed by atoms with Crippen LogP contribution in [-0.2, 0) is 0 Å². The lowest BCUT2D eigenvalue weighted by atomic mass is 10.3. The summed E-state index contributed by atoms with van der Waals surface area (Å²) < 4.78 is 1.18. The molecular formula is C5H12IN3. The molecule has 0 radical (unpaired) electrons. The smallest absolute Gasteiger partial charge is 0.185 e. The van der Waals surface area contributed by atoms with E-state index in [-0.39, 0.29) is 5.96 Å². The molecule has 9 heavy (non-hydrogen) atoms. The molecule has 0 aromatic heterocycles. The Morgan fingerprint density at radius 2 is 2.00 bits per heavy atom. The van der Waals surface area contributed by atoms with Gasteiger partial charge in [0.15, 0.2) is 5.96 Å². The summed E-state index contributed by atoms with van der Waals surface area (Å²) >= 11 is 2.33. The van der Waals surface area contributed by atoms with E-state index in [0.29, 0.717) is 0 Å². The van der Waals surface area contributed by atoms with Crippen LogP contribution in [0.1, 0.15) is 12.8 Å². The zero-order valence-corrected chi connectivity index (χ0v) is 7.47. The van der Waals surface area contributed by atoms with E-state index >= 15 is 0 Å². The first kappa shape index (κ1) is 9.00. The van der Waals surface area contributed by atoms with Gasteiger partial charge in [-0.2, -0.15) is 0 Å². The highest BCUT2D eigenvalue weighted by molar-refractivity contribution is 14.1. The molecule has 0 aromatic rings. The third-order valence-corrected chi connectivity index (χ3v) is 1.60. The van der Waals surface area contributed by atoms with Crippen molar-refractivity contribution < 1.29 is 0 Å². The SMILES string of the molecule is NC(N)=NCCCCI. The summed E-state index contributed by atoms with van der Waals surface area (Å²) in [7, 11) is 0. The quantitative estimate of drug-likeness (QED) is 0.247. The molecule has 4 N–H and O–H groups in total. The number of aliphatic imine (C=N–C) groups is 1. The minimum absolute atomic E-state index is 0.198. The molecule has 0 aliphatic rings. The molecule has 0 aliphatic carbocycles. The van der Waals surface area contributed by atoms with Crippen molar-refractivity contribution in [2.24, 2.45) is 16.5 Å². The van der Waals surface area contributed by atoms with Crippen molar-refractivity contribution in [1.82, 2.24) is 0 Å². The third kappa shape index (κ3) is 8.00. The van der Waals surface area contributed by atoms with Gasteiger partial charge in [-0.25, -0.2) is 0 Å². The molecule has 0 aromatic carbocycles. The molecule has 0 atom stereocenters. The van der Waals surface area contributed by atoms with Gasteiger partial charge >= 0.3 is 0 Å². The van der Waals surface area contributed by atoms with E-state index in [9.17, 15) is 0 Å². The Hall–Kier alpha value is 0. The number of unbranched alkanes of at least 4 members (excludes halogenated alkanes) is 1. The number of halogens is 1. The molecule has 0 amide bonds. The molecule has 54 valence electrons. The van der Waals surface area contributed by atoms with E-state index in [1.54, 1.807) is 0 Å². The standard InChI is InChI=1S/C5H12IN3/c6-3-1-2-4-9-5(7)8/h1-4H2,(H4,7,8,9). The molecule has 0 saturated carbocycles. The molecule has 0 spiro atoms. The van der Waals surface area contributed by atoms with E-state index in [4.69, 9.17) is 11.5 Å². The van der Waals surface area contributed by atoms with Gasteiger partial charge < -0.3 is 11.5 Å². The molecule has 3 nitrogen and oxygen atoms in total. The topological polar surface area (TPSA) is 64.4 Å². The van der Waals surface area contributed by atoms with Crippen LogP contribution in [0.3, 0.4) is 0 Å². The van der Waals surface area contributed by atoms with E-state index in [0.717, 1.165) is 13.0 Å². The summed E-state index contributed by atoms with van der Waals surface area (Å²) in [6.07, 6.45) is 2.28. The fourth-order valence-corrected chi connectivity index (χ4v) is 0.954. The maximum Gasteiger partial charge on any atom is 0.185 e. The van der Waals surface area contributed by atoms with Crippen LogP contribution in [0, 0.1) is 0 Å². The van der Waals surface area contributed by atoms with Crippen LogP contribution in [0.25, 0.3) is 0 Å². The van der Waals surface area contributed by atoms with Crippen LogP contribution in [0.5, 0.6) is 0 Å². The molecule has 4 heteroatoms. The summed E-state index contributed by atoms with van der Waals surface area (Å²) in [5.41, 5.74) is 10.2. The van der Waals surface area contributed by atoms with E-state index < -0.39 is 0 Å². The van der Waals surface area contributed by atoms with Crippen molar-refractivity contribution in [1.29, 1.82) is 0 Å². The number of rotatable bonds is 4. The highest BCUT2D eigenvalue weighted by atomic mass is 127. The van der Waals surface area contributed by atoms with E-state index in [2.05, 4.69) is 27.6 Å². The number of nitrogens with two attached hydrogens (primary N) is 2. The number of alkyl halides is 1. The first-order valence-corrected chi connectivity index (χ1v) is 4.41. The van der Waals surface area contributed by atoms with Crippen molar-refractivity contribution in [2.75, 3.05) is 11.0 Å². The van der Waals surface area contributed by atoms with E-state index in [1.807, 2.05) is 0 Å². The van der Waals surface area contributed by atoms with Crippen LogP contribution < -0.4 is 11.5 Å². The maximum absolute atomic E-state index is 5.10. The average Bonchev–Trinajstić information content (AvgIpc) is 1.80. The summed E-state index contributed by atoms with van der Waals surface area (Å²) in [6.45, 7) is 0.769. The van der Waals surface area contributed by atoms with Gasteiger partial charge in [-0.05, 0) is 17.3 Å². The fourth-order valence-electron chi connectivity index (χ4n) is 0.414. The van der Waals surface area contributed by atoms with Gasteiger partial charge in [-0.3, -0.25) is 4.99 Å². The first-order chi connectivity index (χ1) is 4.27. The van der Waals surface area contributed by atoms with Crippen LogP contribution in [0.15, 0.2) is 4.99 Å². The van der Waals surface area contributed by atoms with Crippen molar-refractivity contribution in [3.63, 3.8) is 0 Å². The van der Waals surface area contributed by atoms with Gasteiger partial charge in [0.2, 0.25) is 0 Å². The zero-order chi connectivity index (χ0) is 7.11. The van der Waals surface area contributed by atoms with Crippen molar-refractivity contribution in [3.8, 4) is 0 Å². The molecule has 0 bridgehead atoms. The van der Waals surface area contributed by atoms with Gasteiger partial charge in [0, 0.05) is 6.54 Å².